The summed E-state index contributed by atoms with van der Waals surface area (Å²) in [7, 11) is 0. The first-order valence-corrected chi connectivity index (χ1v) is 5.40. The van der Waals surface area contributed by atoms with Crippen LogP contribution < -0.4 is 16.6 Å². The van der Waals surface area contributed by atoms with E-state index in [4.69, 9.17) is 17.4 Å². The van der Waals surface area contributed by atoms with Crippen LogP contribution in [0.5, 0.6) is 0 Å². The van der Waals surface area contributed by atoms with Gasteiger partial charge in [0.15, 0.2) is 0 Å². The van der Waals surface area contributed by atoms with Crippen LogP contribution in [0.3, 0.4) is 0 Å². The molecule has 0 atom stereocenters. The molecule has 0 aliphatic rings. The molecule has 0 saturated carbocycles. The Morgan fingerprint density at radius 1 is 1.29 bits per heavy atom. The SMILES string of the molecule is Cc1cnc(NN)nc1Nc1ccccc1Cl. The molecule has 0 aliphatic heterocycles. The van der Waals surface area contributed by atoms with Crippen molar-refractivity contribution in [3.63, 3.8) is 0 Å². The number of aryl methyl sites for hydroxylation is 1. The number of para-hydroxylation sites is 1. The lowest BCUT2D eigenvalue weighted by molar-refractivity contribution is 1.09. The number of rotatable bonds is 3. The molecule has 0 radical (unpaired) electrons. The number of nitrogen functional groups attached to an aromatic ring is 1. The summed E-state index contributed by atoms with van der Waals surface area (Å²) in [5.41, 5.74) is 4.10. The Morgan fingerprint density at radius 3 is 2.76 bits per heavy atom. The first-order chi connectivity index (χ1) is 8.20. The third-order valence-corrected chi connectivity index (χ3v) is 2.56. The minimum absolute atomic E-state index is 0.352. The Morgan fingerprint density at radius 2 is 2.06 bits per heavy atom. The fourth-order valence-electron chi connectivity index (χ4n) is 1.33. The summed E-state index contributed by atoms with van der Waals surface area (Å²) in [6, 6.07) is 7.45. The van der Waals surface area contributed by atoms with Gasteiger partial charge in [-0.25, -0.2) is 10.8 Å². The molecule has 0 spiro atoms. The van der Waals surface area contributed by atoms with Gasteiger partial charge in [0, 0.05) is 11.8 Å². The monoisotopic (exact) mass is 249 g/mol. The third-order valence-electron chi connectivity index (χ3n) is 2.23. The Bertz CT molecular complexity index is 529. The first-order valence-electron chi connectivity index (χ1n) is 5.02. The fraction of sp³-hybridized carbons (Fsp3) is 0.0909. The molecule has 0 unspecified atom stereocenters. The van der Waals surface area contributed by atoms with Crippen LogP contribution in [-0.2, 0) is 0 Å². The van der Waals surface area contributed by atoms with Crippen molar-refractivity contribution in [2.24, 2.45) is 5.84 Å². The molecule has 0 fully saturated rings. The quantitative estimate of drug-likeness (QED) is 0.576. The van der Waals surface area contributed by atoms with Gasteiger partial charge in [0.25, 0.3) is 0 Å². The van der Waals surface area contributed by atoms with Gasteiger partial charge in [0.05, 0.1) is 10.7 Å². The predicted molar refractivity (Wildman–Crippen MR) is 69.3 cm³/mol. The maximum absolute atomic E-state index is 6.05. The molecule has 17 heavy (non-hydrogen) atoms. The largest absolute Gasteiger partial charge is 0.339 e. The van der Waals surface area contributed by atoms with Gasteiger partial charge in [-0.1, -0.05) is 23.7 Å². The molecule has 1 heterocycles. The molecule has 5 nitrogen and oxygen atoms in total. The number of hydrazine groups is 1. The zero-order valence-corrected chi connectivity index (χ0v) is 9.99. The van der Waals surface area contributed by atoms with Crippen LogP contribution >= 0.6 is 11.6 Å². The van der Waals surface area contributed by atoms with Crippen molar-refractivity contribution in [2.45, 2.75) is 6.92 Å². The van der Waals surface area contributed by atoms with Crippen molar-refractivity contribution in [2.75, 3.05) is 10.7 Å². The second-order valence-corrected chi connectivity index (χ2v) is 3.88. The highest BCUT2D eigenvalue weighted by atomic mass is 35.5. The van der Waals surface area contributed by atoms with Crippen molar-refractivity contribution in [3.8, 4) is 0 Å². The molecule has 6 heteroatoms. The highest BCUT2D eigenvalue weighted by Gasteiger charge is 2.05. The minimum atomic E-state index is 0.352. The molecule has 2 aromatic rings. The summed E-state index contributed by atoms with van der Waals surface area (Å²) < 4.78 is 0. The van der Waals surface area contributed by atoms with Crippen LogP contribution in [0.4, 0.5) is 17.5 Å². The average Bonchev–Trinajstić information content (AvgIpc) is 2.35. The van der Waals surface area contributed by atoms with E-state index >= 15 is 0 Å². The van der Waals surface area contributed by atoms with Gasteiger partial charge in [-0.3, -0.25) is 5.43 Å². The highest BCUT2D eigenvalue weighted by molar-refractivity contribution is 6.33. The third kappa shape index (κ3) is 2.64. The summed E-state index contributed by atoms with van der Waals surface area (Å²) >= 11 is 6.05. The summed E-state index contributed by atoms with van der Waals surface area (Å²) in [4.78, 5) is 8.21. The Hall–Kier alpha value is -1.85. The van der Waals surface area contributed by atoms with Gasteiger partial charge in [-0.2, -0.15) is 4.98 Å². The number of nitrogens with two attached hydrogens (primary N) is 1. The van der Waals surface area contributed by atoms with E-state index in [1.54, 1.807) is 6.20 Å². The molecular weight excluding hydrogens is 238 g/mol. The Balaban J connectivity index is 2.32. The van der Waals surface area contributed by atoms with E-state index in [0.717, 1.165) is 11.3 Å². The average molecular weight is 250 g/mol. The maximum Gasteiger partial charge on any atom is 0.239 e. The predicted octanol–water partition coefficient (Wildman–Crippen LogP) is 2.47. The van der Waals surface area contributed by atoms with E-state index in [0.29, 0.717) is 16.8 Å². The van der Waals surface area contributed by atoms with E-state index in [9.17, 15) is 0 Å². The van der Waals surface area contributed by atoms with Crippen molar-refractivity contribution in [1.29, 1.82) is 0 Å². The Labute approximate surface area is 104 Å². The van der Waals surface area contributed by atoms with Crippen molar-refractivity contribution >= 4 is 29.1 Å². The zero-order chi connectivity index (χ0) is 12.3. The van der Waals surface area contributed by atoms with Crippen LogP contribution in [0, 0.1) is 6.92 Å². The molecule has 0 saturated heterocycles. The van der Waals surface area contributed by atoms with Gasteiger partial charge < -0.3 is 5.32 Å². The molecule has 2 rings (SSSR count). The second-order valence-electron chi connectivity index (χ2n) is 3.47. The van der Waals surface area contributed by atoms with Crippen LogP contribution in [0.1, 0.15) is 5.56 Å². The zero-order valence-electron chi connectivity index (χ0n) is 9.24. The number of anilines is 3. The lowest BCUT2D eigenvalue weighted by Crippen LogP contribution is -2.11. The molecule has 1 aromatic carbocycles. The Kier molecular flexibility index (Phi) is 3.41. The maximum atomic E-state index is 6.05. The number of benzene rings is 1. The van der Waals surface area contributed by atoms with Crippen molar-refractivity contribution in [3.05, 3.63) is 41.0 Å². The molecular formula is C11H12ClN5. The molecule has 88 valence electrons. The lowest BCUT2D eigenvalue weighted by atomic mass is 10.3. The first kappa shape index (κ1) is 11.6. The standard InChI is InChI=1S/C11H12ClN5/c1-7-6-14-11(17-13)16-10(7)15-9-5-3-2-4-8(9)12/h2-6H,13H2,1H3,(H2,14,15,16,17). The number of hydrogen-bond donors (Lipinski definition) is 3. The number of halogens is 1. The number of nitrogens with one attached hydrogen (secondary N) is 2. The second kappa shape index (κ2) is 4.99. The van der Waals surface area contributed by atoms with Gasteiger partial charge >= 0.3 is 0 Å². The normalized spacial score (nSPS) is 10.1. The van der Waals surface area contributed by atoms with E-state index in [-0.39, 0.29) is 0 Å². The van der Waals surface area contributed by atoms with E-state index in [1.165, 1.54) is 0 Å². The fourth-order valence-corrected chi connectivity index (χ4v) is 1.51. The minimum Gasteiger partial charge on any atom is -0.339 e. The highest BCUT2D eigenvalue weighted by Crippen LogP contribution is 2.25. The van der Waals surface area contributed by atoms with Gasteiger partial charge in [0.2, 0.25) is 5.95 Å². The van der Waals surface area contributed by atoms with Crippen molar-refractivity contribution in [1.82, 2.24) is 9.97 Å². The van der Waals surface area contributed by atoms with Crippen LogP contribution in [0.15, 0.2) is 30.5 Å². The van der Waals surface area contributed by atoms with Crippen LogP contribution in [0.2, 0.25) is 5.02 Å². The number of hydrogen-bond acceptors (Lipinski definition) is 5. The number of nitrogens with zero attached hydrogens (tertiary/aromatic N) is 2. The molecule has 4 N–H and O–H groups in total. The molecule has 1 aromatic heterocycles. The lowest BCUT2D eigenvalue weighted by Gasteiger charge is -2.10. The summed E-state index contributed by atoms with van der Waals surface area (Å²) in [6.45, 7) is 1.90. The topological polar surface area (TPSA) is 75.9 Å². The van der Waals surface area contributed by atoms with Crippen molar-refractivity contribution < 1.29 is 0 Å². The summed E-state index contributed by atoms with van der Waals surface area (Å²) in [5.74, 6) is 6.28. The molecule has 0 bridgehead atoms. The van der Waals surface area contributed by atoms with Gasteiger partial charge in [-0.05, 0) is 19.1 Å². The van der Waals surface area contributed by atoms with Crippen LogP contribution in [0.25, 0.3) is 0 Å². The van der Waals surface area contributed by atoms with E-state index < -0.39 is 0 Å². The smallest absolute Gasteiger partial charge is 0.239 e. The van der Waals surface area contributed by atoms with E-state index in [2.05, 4.69) is 20.7 Å². The summed E-state index contributed by atoms with van der Waals surface area (Å²) in [6.07, 6.45) is 1.68. The van der Waals surface area contributed by atoms with Crippen LogP contribution in [-0.4, -0.2) is 9.97 Å². The van der Waals surface area contributed by atoms with Gasteiger partial charge in [-0.15, -0.1) is 0 Å². The number of aromatic nitrogens is 2. The molecule has 0 amide bonds. The molecule has 0 aliphatic carbocycles. The summed E-state index contributed by atoms with van der Waals surface area (Å²) in [5, 5.41) is 3.77. The van der Waals surface area contributed by atoms with E-state index in [1.807, 2.05) is 31.2 Å². The van der Waals surface area contributed by atoms with Gasteiger partial charge in [0.1, 0.15) is 5.82 Å².